The highest BCUT2D eigenvalue weighted by Crippen LogP contribution is 2.07. The molecular formula is C8H14N2O3. The summed E-state index contributed by atoms with van der Waals surface area (Å²) in [6.07, 6.45) is 1.78. The zero-order valence-electron chi connectivity index (χ0n) is 7.71. The van der Waals surface area contributed by atoms with E-state index in [1.54, 1.807) is 6.92 Å². The van der Waals surface area contributed by atoms with Crippen molar-refractivity contribution in [2.75, 3.05) is 13.2 Å². The van der Waals surface area contributed by atoms with Crippen LogP contribution in [0.1, 0.15) is 26.2 Å². The fourth-order valence-electron chi connectivity index (χ4n) is 1.20. The minimum absolute atomic E-state index is 0.0423. The van der Waals surface area contributed by atoms with Gasteiger partial charge in [-0.3, -0.25) is 9.80 Å². The van der Waals surface area contributed by atoms with Crippen LogP contribution in [-0.4, -0.2) is 30.2 Å². The Balaban J connectivity index is 2.33. The Labute approximate surface area is 77.0 Å². The van der Waals surface area contributed by atoms with E-state index in [1.165, 1.54) is 5.01 Å². The smallest absolute Gasteiger partial charge is 0.426 e. The van der Waals surface area contributed by atoms with E-state index >= 15 is 0 Å². The number of ether oxygens (including phenoxy) is 1. The van der Waals surface area contributed by atoms with E-state index in [9.17, 15) is 9.59 Å². The maximum atomic E-state index is 11.2. The van der Waals surface area contributed by atoms with Crippen LogP contribution >= 0.6 is 0 Å². The van der Waals surface area contributed by atoms with Gasteiger partial charge in [-0.25, -0.2) is 10.2 Å². The van der Waals surface area contributed by atoms with Crippen molar-refractivity contribution in [2.24, 2.45) is 0 Å². The van der Waals surface area contributed by atoms with Gasteiger partial charge >= 0.3 is 6.09 Å². The summed E-state index contributed by atoms with van der Waals surface area (Å²) >= 11 is 0. The number of carbonyl (C=O) groups is 2. The lowest BCUT2D eigenvalue weighted by molar-refractivity contribution is -0.136. The molecule has 0 bridgehead atoms. The highest BCUT2D eigenvalue weighted by molar-refractivity contribution is 5.79. The maximum absolute atomic E-state index is 11.2. The van der Waals surface area contributed by atoms with Gasteiger partial charge in [0, 0.05) is 13.0 Å². The molecule has 0 unspecified atom stereocenters. The monoisotopic (exact) mass is 186 g/mol. The lowest BCUT2D eigenvalue weighted by atomic mass is 10.1. The molecule has 0 radical (unpaired) electrons. The van der Waals surface area contributed by atoms with Crippen LogP contribution in [0.2, 0.25) is 0 Å². The Morgan fingerprint density at radius 1 is 1.62 bits per heavy atom. The Morgan fingerprint density at radius 3 is 3.00 bits per heavy atom. The van der Waals surface area contributed by atoms with Crippen molar-refractivity contribution in [3.05, 3.63) is 0 Å². The highest BCUT2D eigenvalue weighted by atomic mass is 16.6. The summed E-state index contributed by atoms with van der Waals surface area (Å²) in [6.45, 7) is 2.61. The van der Waals surface area contributed by atoms with Gasteiger partial charge in [-0.1, -0.05) is 0 Å². The van der Waals surface area contributed by atoms with Crippen LogP contribution in [0.3, 0.4) is 0 Å². The number of carbonyl (C=O) groups excluding carboxylic acids is 2. The quantitative estimate of drug-likeness (QED) is 0.689. The Bertz CT molecular complexity index is 206. The topological polar surface area (TPSA) is 58.6 Å². The Kier molecular flexibility index (Phi) is 3.54. The molecule has 0 spiro atoms. The van der Waals surface area contributed by atoms with Gasteiger partial charge in [0.05, 0.1) is 6.61 Å². The zero-order valence-corrected chi connectivity index (χ0v) is 7.71. The van der Waals surface area contributed by atoms with E-state index in [1.807, 2.05) is 0 Å². The molecule has 5 nitrogen and oxygen atoms in total. The van der Waals surface area contributed by atoms with Crippen LogP contribution in [-0.2, 0) is 9.53 Å². The summed E-state index contributed by atoms with van der Waals surface area (Å²) in [5, 5.41) is 1.32. The van der Waals surface area contributed by atoms with Crippen molar-refractivity contribution < 1.29 is 14.3 Å². The third-order valence-corrected chi connectivity index (χ3v) is 1.83. The number of hydrogen-bond acceptors (Lipinski definition) is 3. The van der Waals surface area contributed by atoms with Crippen molar-refractivity contribution in [3.63, 3.8) is 0 Å². The molecule has 0 aromatic heterocycles. The number of nitrogens with zero attached hydrogens (tertiary/aromatic N) is 1. The van der Waals surface area contributed by atoms with Crippen LogP contribution in [0.15, 0.2) is 0 Å². The van der Waals surface area contributed by atoms with Gasteiger partial charge in [0.15, 0.2) is 0 Å². The van der Waals surface area contributed by atoms with Gasteiger partial charge < -0.3 is 4.74 Å². The average molecular weight is 186 g/mol. The van der Waals surface area contributed by atoms with Crippen molar-refractivity contribution in [1.29, 1.82) is 0 Å². The molecule has 1 heterocycles. The first kappa shape index (κ1) is 9.83. The van der Waals surface area contributed by atoms with Crippen molar-refractivity contribution in [2.45, 2.75) is 26.2 Å². The van der Waals surface area contributed by atoms with Gasteiger partial charge in [-0.15, -0.1) is 0 Å². The van der Waals surface area contributed by atoms with E-state index < -0.39 is 6.09 Å². The van der Waals surface area contributed by atoms with Crippen molar-refractivity contribution >= 4 is 12.0 Å². The van der Waals surface area contributed by atoms with Crippen LogP contribution in [0, 0.1) is 0 Å². The van der Waals surface area contributed by atoms with Gasteiger partial charge in [0.1, 0.15) is 0 Å². The van der Waals surface area contributed by atoms with Gasteiger partial charge in [-0.05, 0) is 19.8 Å². The summed E-state index contributed by atoms with van der Waals surface area (Å²) in [5.41, 5.74) is 2.39. The lowest BCUT2D eigenvalue weighted by Gasteiger charge is -2.26. The first-order chi connectivity index (χ1) is 6.24. The highest BCUT2D eigenvalue weighted by Gasteiger charge is 2.19. The van der Waals surface area contributed by atoms with Gasteiger partial charge in [0.25, 0.3) is 0 Å². The van der Waals surface area contributed by atoms with Crippen LogP contribution in [0.5, 0.6) is 0 Å². The largest absolute Gasteiger partial charge is 0.449 e. The summed E-state index contributed by atoms with van der Waals surface area (Å²) < 4.78 is 4.65. The second kappa shape index (κ2) is 4.69. The van der Waals surface area contributed by atoms with Crippen molar-refractivity contribution in [3.8, 4) is 0 Å². The molecule has 0 aromatic rings. The number of hydrogen-bond donors (Lipinski definition) is 1. The molecule has 74 valence electrons. The second-order valence-corrected chi connectivity index (χ2v) is 2.83. The number of amides is 2. The fraction of sp³-hybridized carbons (Fsp3) is 0.750. The van der Waals surface area contributed by atoms with Crippen LogP contribution in [0.4, 0.5) is 4.79 Å². The molecular weight excluding hydrogens is 172 g/mol. The first-order valence-corrected chi connectivity index (χ1v) is 4.48. The minimum Gasteiger partial charge on any atom is -0.449 e. The molecule has 0 aromatic carbocycles. The van der Waals surface area contributed by atoms with E-state index in [-0.39, 0.29) is 5.91 Å². The molecule has 1 saturated heterocycles. The molecule has 13 heavy (non-hydrogen) atoms. The number of hydrazine groups is 1. The number of rotatable bonds is 2. The minimum atomic E-state index is -0.558. The predicted molar refractivity (Wildman–Crippen MR) is 45.7 cm³/mol. The summed E-state index contributed by atoms with van der Waals surface area (Å²) in [6, 6.07) is 0. The molecule has 2 amide bonds. The van der Waals surface area contributed by atoms with E-state index in [4.69, 9.17) is 0 Å². The molecule has 1 rings (SSSR count). The van der Waals surface area contributed by atoms with E-state index in [0.717, 1.165) is 12.8 Å². The normalized spacial score (nSPS) is 17.0. The number of nitrogens with one attached hydrogen (secondary N) is 1. The third-order valence-electron chi connectivity index (χ3n) is 1.83. The van der Waals surface area contributed by atoms with E-state index in [2.05, 4.69) is 10.2 Å². The van der Waals surface area contributed by atoms with Gasteiger partial charge in [-0.2, -0.15) is 0 Å². The Hall–Kier alpha value is -1.26. The molecule has 1 N–H and O–H groups in total. The molecule has 0 atom stereocenters. The summed E-state index contributed by atoms with van der Waals surface area (Å²) in [4.78, 5) is 22.1. The predicted octanol–water partition coefficient (Wildman–Crippen LogP) is 0.660. The summed E-state index contributed by atoms with van der Waals surface area (Å²) in [5.74, 6) is -0.0423. The van der Waals surface area contributed by atoms with Crippen LogP contribution < -0.4 is 5.43 Å². The summed E-state index contributed by atoms with van der Waals surface area (Å²) in [7, 11) is 0. The molecule has 1 fully saturated rings. The average Bonchev–Trinajstić information content (AvgIpc) is 2.09. The first-order valence-electron chi connectivity index (χ1n) is 4.48. The third kappa shape index (κ3) is 2.93. The fourth-order valence-corrected chi connectivity index (χ4v) is 1.20. The SMILES string of the molecule is CCOC(=O)NN1CCCCC1=O. The second-order valence-electron chi connectivity index (χ2n) is 2.83. The standard InChI is InChI=1S/C8H14N2O3/c1-2-13-8(12)9-10-6-4-3-5-7(10)11/h2-6H2,1H3,(H,9,12). The molecule has 0 aliphatic carbocycles. The van der Waals surface area contributed by atoms with Crippen LogP contribution in [0.25, 0.3) is 0 Å². The lowest BCUT2D eigenvalue weighted by Crippen LogP contribution is -2.48. The zero-order chi connectivity index (χ0) is 9.68. The number of piperidine rings is 1. The molecule has 1 aliphatic heterocycles. The van der Waals surface area contributed by atoms with Crippen molar-refractivity contribution in [1.82, 2.24) is 10.4 Å². The molecule has 5 heteroatoms. The van der Waals surface area contributed by atoms with E-state index in [0.29, 0.717) is 19.6 Å². The molecule has 0 saturated carbocycles. The molecule has 1 aliphatic rings. The Morgan fingerprint density at radius 2 is 2.38 bits per heavy atom. The van der Waals surface area contributed by atoms with Gasteiger partial charge in [0.2, 0.25) is 5.91 Å². The maximum Gasteiger partial charge on any atom is 0.426 e.